The number of ether oxygens (including phenoxy) is 1. The van der Waals surface area contributed by atoms with Crippen molar-refractivity contribution in [3.05, 3.63) is 0 Å². The van der Waals surface area contributed by atoms with Crippen molar-refractivity contribution < 1.29 is 9.53 Å². The van der Waals surface area contributed by atoms with E-state index in [1.807, 2.05) is 0 Å². The van der Waals surface area contributed by atoms with Crippen molar-refractivity contribution in [3.8, 4) is 0 Å². The number of carbonyl (C=O) groups excluding carboxylic acids is 1. The third-order valence-electron chi connectivity index (χ3n) is 5.31. The number of hydrogen-bond acceptors (Lipinski definition) is 3. The molecule has 0 aromatic heterocycles. The van der Waals surface area contributed by atoms with Crippen LogP contribution in [0.3, 0.4) is 0 Å². The van der Waals surface area contributed by atoms with Gasteiger partial charge in [-0.25, -0.2) is 0 Å². The predicted molar refractivity (Wildman–Crippen MR) is 80.8 cm³/mol. The molecule has 1 amide bonds. The van der Waals surface area contributed by atoms with Crippen LogP contribution in [-0.2, 0) is 9.53 Å². The summed E-state index contributed by atoms with van der Waals surface area (Å²) in [5.41, 5.74) is 6.27. The summed E-state index contributed by atoms with van der Waals surface area (Å²) < 4.78 is 5.55. The van der Waals surface area contributed by atoms with Crippen LogP contribution in [0, 0.1) is 17.8 Å². The Bertz CT molecular complexity index is 320. The van der Waals surface area contributed by atoms with Crippen molar-refractivity contribution >= 4 is 18.3 Å². The highest BCUT2D eigenvalue weighted by molar-refractivity contribution is 5.85. The molecule has 3 unspecified atom stereocenters. The fourth-order valence-corrected chi connectivity index (χ4v) is 4.17. The number of hydrogen-bond donors (Lipinski definition) is 2. The minimum Gasteiger partial charge on any atom is -0.376 e. The molecular weight excluding hydrogens is 276 g/mol. The average molecular weight is 303 g/mol. The zero-order valence-electron chi connectivity index (χ0n) is 12.1. The number of nitrogens with two attached hydrogens (primary N) is 1. The van der Waals surface area contributed by atoms with Gasteiger partial charge in [-0.2, -0.15) is 0 Å². The van der Waals surface area contributed by atoms with Gasteiger partial charge in [-0.15, -0.1) is 12.4 Å². The molecule has 3 rings (SSSR count). The van der Waals surface area contributed by atoms with Crippen molar-refractivity contribution in [2.75, 3.05) is 13.2 Å². The lowest BCUT2D eigenvalue weighted by Crippen LogP contribution is -2.49. The molecule has 0 spiro atoms. The van der Waals surface area contributed by atoms with Crippen LogP contribution in [0.4, 0.5) is 0 Å². The Balaban J connectivity index is 0.00000147. The minimum absolute atomic E-state index is 0. The molecule has 2 aliphatic carbocycles. The Morgan fingerprint density at radius 3 is 2.45 bits per heavy atom. The highest BCUT2D eigenvalue weighted by atomic mass is 35.5. The normalized spacial score (nSPS) is 40.0. The molecule has 4 nitrogen and oxygen atoms in total. The van der Waals surface area contributed by atoms with Gasteiger partial charge in [0, 0.05) is 25.1 Å². The maximum absolute atomic E-state index is 12.3. The first-order valence-electron chi connectivity index (χ1n) is 7.89. The Kier molecular flexibility index (Phi) is 5.70. The van der Waals surface area contributed by atoms with Crippen LogP contribution >= 0.6 is 12.4 Å². The molecule has 0 aromatic rings. The summed E-state index contributed by atoms with van der Waals surface area (Å²) >= 11 is 0. The summed E-state index contributed by atoms with van der Waals surface area (Å²) in [6.45, 7) is 1.54. The number of nitrogens with one attached hydrogen (secondary N) is 1. The van der Waals surface area contributed by atoms with Crippen molar-refractivity contribution in [2.45, 2.75) is 57.1 Å². The van der Waals surface area contributed by atoms with Gasteiger partial charge < -0.3 is 15.8 Å². The molecule has 3 fully saturated rings. The molecule has 2 bridgehead atoms. The number of carbonyl (C=O) groups is 1. The molecule has 3 atom stereocenters. The summed E-state index contributed by atoms with van der Waals surface area (Å²) in [7, 11) is 0. The van der Waals surface area contributed by atoms with Crippen LogP contribution in [-0.4, -0.2) is 31.2 Å². The zero-order valence-corrected chi connectivity index (χ0v) is 12.9. The summed E-state index contributed by atoms with van der Waals surface area (Å²) in [6.07, 6.45) is 8.18. The predicted octanol–water partition coefficient (Wildman–Crippen LogP) is 1.86. The van der Waals surface area contributed by atoms with Gasteiger partial charge in [0.05, 0.1) is 6.10 Å². The summed E-state index contributed by atoms with van der Waals surface area (Å²) in [6, 6.07) is 0.343. The third-order valence-corrected chi connectivity index (χ3v) is 5.31. The SMILES string of the molecule is Cl.NC1C2CCCC1CC(C(=O)NCC1CCCO1)C2. The van der Waals surface area contributed by atoms with E-state index >= 15 is 0 Å². The van der Waals surface area contributed by atoms with Crippen molar-refractivity contribution in [3.63, 3.8) is 0 Å². The molecule has 116 valence electrons. The van der Waals surface area contributed by atoms with E-state index in [1.54, 1.807) is 0 Å². The number of rotatable bonds is 3. The number of amides is 1. The molecule has 20 heavy (non-hydrogen) atoms. The topological polar surface area (TPSA) is 64.4 Å². The lowest BCUT2D eigenvalue weighted by Gasteiger charge is -2.43. The van der Waals surface area contributed by atoms with Crippen LogP contribution in [0.25, 0.3) is 0 Å². The van der Waals surface area contributed by atoms with E-state index in [9.17, 15) is 4.79 Å². The van der Waals surface area contributed by atoms with Gasteiger partial charge in [0.2, 0.25) is 5.91 Å². The van der Waals surface area contributed by atoms with Crippen molar-refractivity contribution in [1.29, 1.82) is 0 Å². The molecule has 1 aliphatic heterocycles. The summed E-state index contributed by atoms with van der Waals surface area (Å²) in [4.78, 5) is 12.3. The second-order valence-electron chi connectivity index (χ2n) is 6.58. The van der Waals surface area contributed by atoms with Crippen LogP contribution in [0.2, 0.25) is 0 Å². The maximum Gasteiger partial charge on any atom is 0.223 e. The van der Waals surface area contributed by atoms with Gasteiger partial charge in [0.25, 0.3) is 0 Å². The molecule has 5 heteroatoms. The molecule has 3 aliphatic rings. The Hall–Kier alpha value is -0.320. The van der Waals surface area contributed by atoms with E-state index in [4.69, 9.17) is 10.5 Å². The first-order valence-corrected chi connectivity index (χ1v) is 7.89. The zero-order chi connectivity index (χ0) is 13.2. The van der Waals surface area contributed by atoms with Crippen LogP contribution < -0.4 is 11.1 Å². The fourth-order valence-electron chi connectivity index (χ4n) is 4.17. The van der Waals surface area contributed by atoms with E-state index in [2.05, 4.69) is 5.32 Å². The molecular formula is C15H27ClN2O2. The van der Waals surface area contributed by atoms with Gasteiger partial charge in [-0.05, 0) is 50.4 Å². The molecule has 3 N–H and O–H groups in total. The van der Waals surface area contributed by atoms with Crippen LogP contribution in [0.1, 0.15) is 44.9 Å². The van der Waals surface area contributed by atoms with Gasteiger partial charge in [-0.3, -0.25) is 4.79 Å². The number of fused-ring (bicyclic) bond motifs is 2. The molecule has 0 aromatic carbocycles. The third kappa shape index (κ3) is 3.46. The maximum atomic E-state index is 12.3. The van der Waals surface area contributed by atoms with Crippen LogP contribution in [0.5, 0.6) is 0 Å². The van der Waals surface area contributed by atoms with E-state index < -0.39 is 0 Å². The van der Waals surface area contributed by atoms with E-state index in [0.29, 0.717) is 24.4 Å². The van der Waals surface area contributed by atoms with E-state index in [-0.39, 0.29) is 30.3 Å². The lowest BCUT2D eigenvalue weighted by atomic mass is 9.65. The first-order chi connectivity index (χ1) is 9.24. The standard InChI is InChI=1S/C15H26N2O2.ClH/c16-14-10-3-1-4-11(14)8-12(7-10)15(18)17-9-13-5-2-6-19-13;/h10-14H,1-9,16H2,(H,17,18);1H. The molecule has 0 radical (unpaired) electrons. The van der Waals surface area contributed by atoms with E-state index in [1.165, 1.54) is 19.3 Å². The van der Waals surface area contributed by atoms with E-state index in [0.717, 1.165) is 32.3 Å². The average Bonchev–Trinajstić information content (AvgIpc) is 2.88. The minimum atomic E-state index is 0. The molecule has 1 saturated heterocycles. The first kappa shape index (κ1) is 16.1. The second-order valence-corrected chi connectivity index (χ2v) is 6.58. The number of halogens is 1. The monoisotopic (exact) mass is 302 g/mol. The Morgan fingerprint density at radius 2 is 1.85 bits per heavy atom. The summed E-state index contributed by atoms with van der Waals surface area (Å²) in [5.74, 6) is 1.58. The van der Waals surface area contributed by atoms with Gasteiger partial charge in [0.1, 0.15) is 0 Å². The highest BCUT2D eigenvalue weighted by Crippen LogP contribution is 2.41. The Labute approximate surface area is 127 Å². The fraction of sp³-hybridized carbons (Fsp3) is 0.933. The van der Waals surface area contributed by atoms with Crippen molar-refractivity contribution in [1.82, 2.24) is 5.32 Å². The van der Waals surface area contributed by atoms with Gasteiger partial charge in [0.15, 0.2) is 0 Å². The smallest absolute Gasteiger partial charge is 0.223 e. The molecule has 1 heterocycles. The highest BCUT2D eigenvalue weighted by Gasteiger charge is 2.40. The largest absolute Gasteiger partial charge is 0.376 e. The van der Waals surface area contributed by atoms with Crippen molar-refractivity contribution in [2.24, 2.45) is 23.5 Å². The molecule has 2 saturated carbocycles. The second kappa shape index (κ2) is 7.10. The lowest BCUT2D eigenvalue weighted by molar-refractivity contribution is -0.128. The van der Waals surface area contributed by atoms with Gasteiger partial charge >= 0.3 is 0 Å². The van der Waals surface area contributed by atoms with Gasteiger partial charge in [-0.1, -0.05) is 6.42 Å². The summed E-state index contributed by atoms with van der Waals surface area (Å²) in [5, 5.41) is 3.09. The van der Waals surface area contributed by atoms with Crippen LogP contribution in [0.15, 0.2) is 0 Å². The Morgan fingerprint density at radius 1 is 1.15 bits per heavy atom. The quantitative estimate of drug-likeness (QED) is 0.836.